The van der Waals surface area contributed by atoms with Gasteiger partial charge in [-0.1, -0.05) is 26.2 Å². The van der Waals surface area contributed by atoms with E-state index in [0.717, 1.165) is 32.2 Å². The fourth-order valence-electron chi connectivity index (χ4n) is 1.98. The molecule has 1 aliphatic carbocycles. The summed E-state index contributed by atoms with van der Waals surface area (Å²) in [7, 11) is 0. The fraction of sp³-hybridized carbons (Fsp3) is 1.00. The zero-order valence-corrected chi connectivity index (χ0v) is 9.37. The Morgan fingerprint density at radius 3 is 2.57 bits per heavy atom. The number of hydrogen-bond acceptors (Lipinski definition) is 3. The molecule has 1 aliphatic rings. The molecule has 0 aromatic carbocycles. The highest BCUT2D eigenvalue weighted by Crippen LogP contribution is 2.34. The molecule has 3 heteroatoms. The average molecular weight is 198 g/mol. The lowest BCUT2D eigenvalue weighted by molar-refractivity contribution is 0.00267. The second-order valence-corrected chi connectivity index (χ2v) is 4.39. The van der Waals surface area contributed by atoms with Gasteiger partial charge in [0, 0.05) is 5.92 Å². The molecular formula is C11H22N2O. The molecule has 1 fully saturated rings. The maximum absolute atomic E-state index is 10.1. The van der Waals surface area contributed by atoms with E-state index in [2.05, 4.69) is 17.2 Å². The molecule has 82 valence electrons. The van der Waals surface area contributed by atoms with Crippen molar-refractivity contribution in [3.8, 4) is 0 Å². The van der Waals surface area contributed by atoms with Crippen molar-refractivity contribution in [3.63, 3.8) is 0 Å². The molecule has 0 aromatic rings. The van der Waals surface area contributed by atoms with Crippen LogP contribution >= 0.6 is 0 Å². The van der Waals surface area contributed by atoms with Gasteiger partial charge in [0.2, 0.25) is 0 Å². The van der Waals surface area contributed by atoms with Crippen LogP contribution in [0.2, 0.25) is 0 Å². The van der Waals surface area contributed by atoms with Crippen molar-refractivity contribution in [2.75, 3.05) is 6.54 Å². The van der Waals surface area contributed by atoms with Gasteiger partial charge < -0.3 is 5.11 Å². The second kappa shape index (κ2) is 5.44. The van der Waals surface area contributed by atoms with Crippen molar-refractivity contribution in [3.05, 3.63) is 0 Å². The lowest BCUT2D eigenvalue weighted by atomic mass is 9.97. The van der Waals surface area contributed by atoms with Crippen LogP contribution in [-0.4, -0.2) is 17.4 Å². The normalized spacial score (nSPS) is 23.1. The maximum atomic E-state index is 10.1. The quantitative estimate of drug-likeness (QED) is 0.535. The SMILES string of the molecule is CCCC/N=N/C(C)(O)C1CCCC1. The average Bonchev–Trinajstić information content (AvgIpc) is 2.65. The number of azo groups is 1. The lowest BCUT2D eigenvalue weighted by Gasteiger charge is -2.23. The summed E-state index contributed by atoms with van der Waals surface area (Å²) >= 11 is 0. The predicted octanol–water partition coefficient (Wildman–Crippen LogP) is 3.14. The molecule has 0 aromatic heterocycles. The lowest BCUT2D eigenvalue weighted by Crippen LogP contribution is -2.30. The van der Waals surface area contributed by atoms with Gasteiger partial charge in [-0.2, -0.15) is 10.2 Å². The van der Waals surface area contributed by atoms with E-state index < -0.39 is 5.72 Å². The molecule has 0 bridgehead atoms. The van der Waals surface area contributed by atoms with Crippen LogP contribution in [0.15, 0.2) is 10.2 Å². The van der Waals surface area contributed by atoms with E-state index in [4.69, 9.17) is 0 Å². The van der Waals surface area contributed by atoms with Gasteiger partial charge in [-0.25, -0.2) is 0 Å². The molecule has 0 aliphatic heterocycles. The van der Waals surface area contributed by atoms with E-state index in [1.54, 1.807) is 6.92 Å². The Morgan fingerprint density at radius 2 is 2.00 bits per heavy atom. The summed E-state index contributed by atoms with van der Waals surface area (Å²) in [5.74, 6) is 0.327. The van der Waals surface area contributed by atoms with Crippen LogP contribution in [0.1, 0.15) is 52.4 Å². The third-order valence-electron chi connectivity index (χ3n) is 3.01. The number of aliphatic hydroxyl groups is 1. The first-order chi connectivity index (χ1) is 6.67. The van der Waals surface area contributed by atoms with Crippen LogP contribution < -0.4 is 0 Å². The molecule has 14 heavy (non-hydrogen) atoms. The van der Waals surface area contributed by atoms with Crippen molar-refractivity contribution in [1.82, 2.24) is 0 Å². The Bertz CT molecular complexity index is 184. The number of rotatable bonds is 5. The minimum Gasteiger partial charge on any atom is -0.368 e. The molecular weight excluding hydrogens is 176 g/mol. The molecule has 1 N–H and O–H groups in total. The molecule has 0 heterocycles. The van der Waals surface area contributed by atoms with Crippen molar-refractivity contribution in [2.45, 2.75) is 58.1 Å². The van der Waals surface area contributed by atoms with Gasteiger partial charge in [0.05, 0.1) is 6.54 Å². The van der Waals surface area contributed by atoms with Gasteiger partial charge >= 0.3 is 0 Å². The molecule has 0 spiro atoms. The fourth-order valence-corrected chi connectivity index (χ4v) is 1.98. The third kappa shape index (κ3) is 3.37. The van der Waals surface area contributed by atoms with Crippen molar-refractivity contribution in [2.24, 2.45) is 16.1 Å². The van der Waals surface area contributed by atoms with Crippen LogP contribution in [0.5, 0.6) is 0 Å². The summed E-state index contributed by atoms with van der Waals surface area (Å²) in [6.45, 7) is 4.67. The summed E-state index contributed by atoms with van der Waals surface area (Å²) < 4.78 is 0. The van der Waals surface area contributed by atoms with E-state index in [0.29, 0.717) is 5.92 Å². The Kier molecular flexibility index (Phi) is 4.52. The Labute approximate surface area is 86.6 Å². The molecule has 0 amide bonds. The van der Waals surface area contributed by atoms with Crippen LogP contribution in [-0.2, 0) is 0 Å². The van der Waals surface area contributed by atoms with Crippen LogP contribution in [0.4, 0.5) is 0 Å². The Balaban J connectivity index is 2.35. The van der Waals surface area contributed by atoms with Crippen LogP contribution in [0.3, 0.4) is 0 Å². The molecule has 1 saturated carbocycles. The molecule has 1 unspecified atom stereocenters. The monoisotopic (exact) mass is 198 g/mol. The van der Waals surface area contributed by atoms with Crippen molar-refractivity contribution < 1.29 is 5.11 Å². The summed E-state index contributed by atoms with van der Waals surface area (Å²) in [6, 6.07) is 0. The zero-order chi connectivity index (χ0) is 10.4. The van der Waals surface area contributed by atoms with E-state index in [-0.39, 0.29) is 0 Å². The molecule has 1 atom stereocenters. The largest absolute Gasteiger partial charge is 0.368 e. The standard InChI is InChI=1S/C11H22N2O/c1-3-4-9-12-13-11(2,14)10-7-5-6-8-10/h10,14H,3-9H2,1-2H3/b13-12+. The second-order valence-electron chi connectivity index (χ2n) is 4.39. The smallest absolute Gasteiger partial charge is 0.176 e. The summed E-state index contributed by atoms with van der Waals surface area (Å²) in [5, 5.41) is 18.2. The zero-order valence-electron chi connectivity index (χ0n) is 9.37. The molecule has 1 rings (SSSR count). The highest BCUT2D eigenvalue weighted by atomic mass is 16.3. The van der Waals surface area contributed by atoms with Crippen molar-refractivity contribution in [1.29, 1.82) is 0 Å². The number of unbranched alkanes of at least 4 members (excludes halogenated alkanes) is 1. The van der Waals surface area contributed by atoms with Crippen LogP contribution in [0.25, 0.3) is 0 Å². The van der Waals surface area contributed by atoms with E-state index >= 15 is 0 Å². The van der Waals surface area contributed by atoms with Gasteiger partial charge in [0.15, 0.2) is 5.72 Å². The highest BCUT2D eigenvalue weighted by Gasteiger charge is 2.33. The molecule has 0 saturated heterocycles. The summed E-state index contributed by atoms with van der Waals surface area (Å²) in [4.78, 5) is 0. The first-order valence-corrected chi connectivity index (χ1v) is 5.78. The Hall–Kier alpha value is -0.440. The number of hydrogen-bond donors (Lipinski definition) is 1. The first kappa shape index (κ1) is 11.6. The van der Waals surface area contributed by atoms with E-state index in [9.17, 15) is 5.11 Å². The van der Waals surface area contributed by atoms with E-state index in [1.807, 2.05) is 0 Å². The van der Waals surface area contributed by atoms with Crippen LogP contribution in [0, 0.1) is 5.92 Å². The Morgan fingerprint density at radius 1 is 1.36 bits per heavy atom. The van der Waals surface area contributed by atoms with Gasteiger partial charge in [-0.05, 0) is 26.2 Å². The highest BCUT2D eigenvalue weighted by molar-refractivity contribution is 4.82. The van der Waals surface area contributed by atoms with E-state index in [1.165, 1.54) is 12.8 Å². The van der Waals surface area contributed by atoms with Crippen molar-refractivity contribution >= 4 is 0 Å². The summed E-state index contributed by atoms with van der Waals surface area (Å²) in [5.41, 5.74) is -0.912. The number of nitrogens with zero attached hydrogens (tertiary/aromatic N) is 2. The van der Waals surface area contributed by atoms with Gasteiger partial charge in [0.1, 0.15) is 0 Å². The van der Waals surface area contributed by atoms with Gasteiger partial charge in [-0.15, -0.1) is 0 Å². The van der Waals surface area contributed by atoms with Gasteiger partial charge in [0.25, 0.3) is 0 Å². The minimum absolute atomic E-state index is 0.327. The molecule has 0 radical (unpaired) electrons. The predicted molar refractivity (Wildman–Crippen MR) is 57.2 cm³/mol. The topological polar surface area (TPSA) is 45.0 Å². The molecule has 3 nitrogen and oxygen atoms in total. The van der Waals surface area contributed by atoms with Gasteiger partial charge in [-0.3, -0.25) is 0 Å². The minimum atomic E-state index is -0.912. The maximum Gasteiger partial charge on any atom is 0.176 e. The third-order valence-corrected chi connectivity index (χ3v) is 3.01. The first-order valence-electron chi connectivity index (χ1n) is 5.78. The summed E-state index contributed by atoms with van der Waals surface area (Å²) in [6.07, 6.45) is 6.84.